The second-order valence-electron chi connectivity index (χ2n) is 3.45. The quantitative estimate of drug-likeness (QED) is 0.527. The van der Waals surface area contributed by atoms with Gasteiger partial charge in [-0.05, 0) is 24.1 Å². The summed E-state index contributed by atoms with van der Waals surface area (Å²) in [5.74, 6) is 0.317. The van der Waals surface area contributed by atoms with Crippen LogP contribution in [0, 0.1) is 5.82 Å². The Bertz CT molecular complexity index is 302. The van der Waals surface area contributed by atoms with E-state index in [1.165, 1.54) is 6.07 Å². The van der Waals surface area contributed by atoms with E-state index in [-0.39, 0.29) is 5.82 Å². The van der Waals surface area contributed by atoms with Crippen LogP contribution in [-0.4, -0.2) is 6.61 Å². The summed E-state index contributed by atoms with van der Waals surface area (Å²) in [7, 11) is 0. The highest BCUT2D eigenvalue weighted by Gasteiger charge is 2.03. The molecule has 15 heavy (non-hydrogen) atoms. The third kappa shape index (κ3) is 4.08. The maximum atomic E-state index is 13.4. The fourth-order valence-electron chi connectivity index (χ4n) is 1.28. The Morgan fingerprint density at radius 1 is 1.33 bits per heavy atom. The zero-order chi connectivity index (χ0) is 11.1. The molecule has 0 aliphatic heterocycles. The first kappa shape index (κ1) is 12.3. The van der Waals surface area contributed by atoms with E-state index < -0.39 is 0 Å². The number of halogens is 2. The summed E-state index contributed by atoms with van der Waals surface area (Å²) in [4.78, 5) is 0. The van der Waals surface area contributed by atoms with Crippen molar-refractivity contribution in [3.8, 4) is 5.75 Å². The van der Waals surface area contributed by atoms with Gasteiger partial charge in [0.05, 0.1) is 6.61 Å². The Hall–Kier alpha value is -0.760. The monoisotopic (exact) mass is 230 g/mol. The van der Waals surface area contributed by atoms with E-state index in [1.807, 2.05) is 0 Å². The standard InChI is InChI=1S/C12H16ClFO/c1-2-3-4-7-15-12-6-5-10(9-13)8-11(12)14/h5-6,8H,2-4,7,9H2,1H3. The molecule has 1 nitrogen and oxygen atoms in total. The lowest BCUT2D eigenvalue weighted by atomic mass is 10.2. The van der Waals surface area contributed by atoms with E-state index in [0.29, 0.717) is 18.2 Å². The van der Waals surface area contributed by atoms with Gasteiger partial charge in [0.1, 0.15) is 0 Å². The van der Waals surface area contributed by atoms with E-state index in [0.717, 1.165) is 24.8 Å². The van der Waals surface area contributed by atoms with E-state index in [9.17, 15) is 4.39 Å². The van der Waals surface area contributed by atoms with Gasteiger partial charge in [-0.3, -0.25) is 0 Å². The molecular weight excluding hydrogens is 215 g/mol. The van der Waals surface area contributed by atoms with Crippen LogP contribution in [0.25, 0.3) is 0 Å². The van der Waals surface area contributed by atoms with E-state index in [4.69, 9.17) is 16.3 Å². The number of rotatable bonds is 6. The third-order valence-corrected chi connectivity index (χ3v) is 2.46. The van der Waals surface area contributed by atoms with Crippen LogP contribution in [0.3, 0.4) is 0 Å². The summed E-state index contributed by atoms with van der Waals surface area (Å²) in [6.07, 6.45) is 3.21. The molecule has 1 aromatic rings. The molecule has 1 aromatic carbocycles. The molecule has 84 valence electrons. The molecule has 0 radical (unpaired) electrons. The van der Waals surface area contributed by atoms with Crippen molar-refractivity contribution in [2.24, 2.45) is 0 Å². The SMILES string of the molecule is CCCCCOc1ccc(CCl)cc1F. The predicted octanol–water partition coefficient (Wildman–Crippen LogP) is 4.13. The highest BCUT2D eigenvalue weighted by atomic mass is 35.5. The van der Waals surface area contributed by atoms with Crippen molar-refractivity contribution in [3.05, 3.63) is 29.6 Å². The van der Waals surface area contributed by atoms with Crippen LogP contribution in [0.15, 0.2) is 18.2 Å². The van der Waals surface area contributed by atoms with Crippen LogP contribution in [0.5, 0.6) is 5.75 Å². The highest BCUT2D eigenvalue weighted by molar-refractivity contribution is 6.17. The molecule has 0 fully saturated rings. The van der Waals surface area contributed by atoms with Gasteiger partial charge in [-0.1, -0.05) is 25.8 Å². The molecule has 0 saturated carbocycles. The number of benzene rings is 1. The zero-order valence-corrected chi connectivity index (χ0v) is 9.69. The van der Waals surface area contributed by atoms with Gasteiger partial charge in [-0.25, -0.2) is 4.39 Å². The van der Waals surface area contributed by atoms with Gasteiger partial charge in [-0.15, -0.1) is 11.6 Å². The summed E-state index contributed by atoms with van der Waals surface area (Å²) >= 11 is 5.59. The molecule has 0 atom stereocenters. The first-order valence-corrected chi connectivity index (χ1v) is 5.78. The molecule has 0 N–H and O–H groups in total. The summed E-state index contributed by atoms with van der Waals surface area (Å²) < 4.78 is 18.7. The maximum absolute atomic E-state index is 13.4. The predicted molar refractivity (Wildman–Crippen MR) is 61.0 cm³/mol. The molecule has 0 heterocycles. The van der Waals surface area contributed by atoms with Gasteiger partial charge in [0.2, 0.25) is 0 Å². The Kier molecular flexibility index (Phi) is 5.48. The highest BCUT2D eigenvalue weighted by Crippen LogP contribution is 2.19. The molecule has 0 unspecified atom stereocenters. The van der Waals surface area contributed by atoms with Crippen molar-refractivity contribution < 1.29 is 9.13 Å². The van der Waals surface area contributed by atoms with Crippen LogP contribution in [0.4, 0.5) is 4.39 Å². The van der Waals surface area contributed by atoms with Crippen LogP contribution in [-0.2, 0) is 5.88 Å². The average Bonchev–Trinajstić information content (AvgIpc) is 2.26. The molecule has 0 saturated heterocycles. The molecule has 0 spiro atoms. The minimum atomic E-state index is -0.329. The summed E-state index contributed by atoms with van der Waals surface area (Å²) in [5, 5.41) is 0. The number of unbranched alkanes of at least 4 members (excludes halogenated alkanes) is 2. The van der Waals surface area contributed by atoms with Gasteiger partial charge >= 0.3 is 0 Å². The molecule has 0 amide bonds. The van der Waals surface area contributed by atoms with Crippen LogP contribution >= 0.6 is 11.6 Å². The van der Waals surface area contributed by atoms with Gasteiger partial charge in [0.15, 0.2) is 11.6 Å². The summed E-state index contributed by atoms with van der Waals surface area (Å²) in [6.45, 7) is 2.70. The molecular formula is C12H16ClFO. The Balaban J connectivity index is 2.47. The molecule has 0 aromatic heterocycles. The fourth-order valence-corrected chi connectivity index (χ4v) is 1.44. The van der Waals surface area contributed by atoms with Crippen molar-refractivity contribution in [2.45, 2.75) is 32.1 Å². The number of hydrogen-bond acceptors (Lipinski definition) is 1. The lowest BCUT2D eigenvalue weighted by molar-refractivity contribution is 0.291. The van der Waals surface area contributed by atoms with Gasteiger partial charge in [-0.2, -0.15) is 0 Å². The summed E-state index contributed by atoms with van der Waals surface area (Å²) in [5.41, 5.74) is 0.773. The first-order valence-electron chi connectivity index (χ1n) is 5.25. The van der Waals surface area contributed by atoms with Crippen molar-refractivity contribution in [1.82, 2.24) is 0 Å². The first-order chi connectivity index (χ1) is 7.27. The van der Waals surface area contributed by atoms with Crippen LogP contribution < -0.4 is 4.74 Å². The zero-order valence-electron chi connectivity index (χ0n) is 8.93. The Labute approximate surface area is 95.2 Å². The summed E-state index contributed by atoms with van der Waals surface area (Å²) in [6, 6.07) is 4.84. The minimum Gasteiger partial charge on any atom is -0.491 e. The largest absolute Gasteiger partial charge is 0.491 e. The molecule has 0 bridgehead atoms. The van der Waals surface area contributed by atoms with Crippen molar-refractivity contribution in [2.75, 3.05) is 6.61 Å². The minimum absolute atomic E-state index is 0.319. The van der Waals surface area contributed by atoms with Gasteiger partial charge in [0, 0.05) is 5.88 Å². The normalized spacial score (nSPS) is 10.3. The second-order valence-corrected chi connectivity index (χ2v) is 3.72. The molecule has 3 heteroatoms. The van der Waals surface area contributed by atoms with Crippen LogP contribution in [0.1, 0.15) is 31.7 Å². The van der Waals surface area contributed by atoms with Crippen molar-refractivity contribution in [3.63, 3.8) is 0 Å². The molecule has 0 aliphatic carbocycles. The number of ether oxygens (including phenoxy) is 1. The second kappa shape index (κ2) is 6.67. The fraction of sp³-hybridized carbons (Fsp3) is 0.500. The van der Waals surface area contributed by atoms with E-state index in [1.54, 1.807) is 12.1 Å². The lowest BCUT2D eigenvalue weighted by Gasteiger charge is -2.07. The molecule has 0 aliphatic rings. The number of hydrogen-bond donors (Lipinski definition) is 0. The smallest absolute Gasteiger partial charge is 0.165 e. The van der Waals surface area contributed by atoms with Crippen LogP contribution in [0.2, 0.25) is 0 Å². The topological polar surface area (TPSA) is 9.23 Å². The third-order valence-electron chi connectivity index (χ3n) is 2.16. The van der Waals surface area contributed by atoms with Crippen molar-refractivity contribution in [1.29, 1.82) is 0 Å². The van der Waals surface area contributed by atoms with Gasteiger partial charge < -0.3 is 4.74 Å². The van der Waals surface area contributed by atoms with Gasteiger partial charge in [0.25, 0.3) is 0 Å². The van der Waals surface area contributed by atoms with E-state index >= 15 is 0 Å². The van der Waals surface area contributed by atoms with Crippen molar-refractivity contribution >= 4 is 11.6 Å². The Morgan fingerprint density at radius 2 is 2.13 bits per heavy atom. The number of alkyl halides is 1. The lowest BCUT2D eigenvalue weighted by Crippen LogP contribution is -1.99. The van der Waals surface area contributed by atoms with E-state index in [2.05, 4.69) is 6.92 Å². The Morgan fingerprint density at radius 3 is 2.73 bits per heavy atom. The average molecular weight is 231 g/mol. The maximum Gasteiger partial charge on any atom is 0.165 e. The molecule has 1 rings (SSSR count).